The molecule has 0 saturated carbocycles. The molecule has 0 aliphatic heterocycles. The van der Waals surface area contributed by atoms with Crippen LogP contribution in [0.15, 0.2) is 70.6 Å². The maximum Gasteiger partial charge on any atom is 0.322 e. The third kappa shape index (κ3) is 3.57. The van der Waals surface area contributed by atoms with Crippen LogP contribution in [-0.2, 0) is 0 Å². The molecule has 2 aromatic carbocycles. The van der Waals surface area contributed by atoms with E-state index in [4.69, 9.17) is 4.42 Å². The van der Waals surface area contributed by atoms with Gasteiger partial charge in [0.2, 0.25) is 0 Å². The molecule has 6 heteroatoms. The van der Waals surface area contributed by atoms with E-state index in [0.717, 1.165) is 33.0 Å². The van der Waals surface area contributed by atoms with E-state index >= 15 is 0 Å². The van der Waals surface area contributed by atoms with Crippen molar-refractivity contribution in [3.63, 3.8) is 0 Å². The van der Waals surface area contributed by atoms with E-state index in [2.05, 4.69) is 10.3 Å². The molecule has 1 atom stereocenters. The third-order valence-electron chi connectivity index (χ3n) is 4.55. The van der Waals surface area contributed by atoms with Gasteiger partial charge in [0.05, 0.1) is 6.04 Å². The Balaban J connectivity index is 1.50. The molecule has 0 aliphatic rings. The number of fused-ring (bicyclic) bond motifs is 1. The Morgan fingerprint density at radius 1 is 1.19 bits per heavy atom. The average molecular weight is 377 g/mol. The Hall–Kier alpha value is -3.12. The molecule has 0 radical (unpaired) electrons. The van der Waals surface area contributed by atoms with Crippen LogP contribution >= 0.6 is 11.3 Å². The maximum absolute atomic E-state index is 12.7. The summed E-state index contributed by atoms with van der Waals surface area (Å²) in [5.74, 6) is 0.755. The van der Waals surface area contributed by atoms with Crippen molar-refractivity contribution in [3.8, 4) is 10.6 Å². The van der Waals surface area contributed by atoms with E-state index in [1.807, 2.05) is 66.9 Å². The molecule has 27 heavy (non-hydrogen) atoms. The Morgan fingerprint density at radius 3 is 2.81 bits per heavy atom. The van der Waals surface area contributed by atoms with Crippen molar-refractivity contribution in [1.29, 1.82) is 0 Å². The molecule has 136 valence electrons. The second-order valence-corrected chi connectivity index (χ2v) is 7.22. The molecule has 0 bridgehead atoms. The summed E-state index contributed by atoms with van der Waals surface area (Å²) in [5.41, 5.74) is 2.54. The monoisotopic (exact) mass is 377 g/mol. The Bertz CT molecular complexity index is 1040. The Morgan fingerprint density at radius 2 is 2.04 bits per heavy atom. The van der Waals surface area contributed by atoms with Gasteiger partial charge in [0.15, 0.2) is 0 Å². The van der Waals surface area contributed by atoms with Crippen molar-refractivity contribution in [2.45, 2.75) is 13.0 Å². The van der Waals surface area contributed by atoms with Crippen LogP contribution in [0.25, 0.3) is 21.5 Å². The largest absolute Gasteiger partial charge is 0.459 e. The van der Waals surface area contributed by atoms with Gasteiger partial charge in [-0.1, -0.05) is 30.3 Å². The SMILES string of the molecule is C[C@H](c1cc2ccccc2o1)N(C)C(=O)Nc1cccc(-c2nccs2)c1. The minimum absolute atomic E-state index is 0.195. The zero-order valence-corrected chi connectivity index (χ0v) is 15.9. The highest BCUT2D eigenvalue weighted by molar-refractivity contribution is 7.13. The fourth-order valence-electron chi connectivity index (χ4n) is 2.88. The van der Waals surface area contributed by atoms with Crippen LogP contribution in [0.2, 0.25) is 0 Å². The molecule has 2 amide bonds. The summed E-state index contributed by atoms with van der Waals surface area (Å²) in [7, 11) is 1.76. The number of rotatable bonds is 4. The lowest BCUT2D eigenvalue weighted by atomic mass is 10.2. The first-order chi connectivity index (χ1) is 13.1. The molecular weight excluding hydrogens is 358 g/mol. The van der Waals surface area contributed by atoms with E-state index in [1.54, 1.807) is 29.5 Å². The van der Waals surface area contributed by atoms with Gasteiger partial charge < -0.3 is 14.6 Å². The van der Waals surface area contributed by atoms with Gasteiger partial charge in [-0.2, -0.15) is 0 Å². The molecule has 0 spiro atoms. The second kappa shape index (κ2) is 7.25. The van der Waals surface area contributed by atoms with Crippen molar-refractivity contribution in [3.05, 3.63) is 71.9 Å². The highest BCUT2D eigenvalue weighted by Gasteiger charge is 2.21. The molecule has 0 fully saturated rings. The van der Waals surface area contributed by atoms with Crippen LogP contribution in [0, 0.1) is 0 Å². The molecule has 5 nitrogen and oxygen atoms in total. The van der Waals surface area contributed by atoms with Gasteiger partial charge in [0.25, 0.3) is 0 Å². The third-order valence-corrected chi connectivity index (χ3v) is 5.37. The summed E-state index contributed by atoms with van der Waals surface area (Å²) < 4.78 is 5.89. The summed E-state index contributed by atoms with van der Waals surface area (Å²) in [4.78, 5) is 18.6. The molecule has 2 heterocycles. The number of carbonyl (C=O) groups excluding carboxylic acids is 1. The summed E-state index contributed by atoms with van der Waals surface area (Å²) in [6.45, 7) is 1.95. The van der Waals surface area contributed by atoms with E-state index in [9.17, 15) is 4.79 Å². The van der Waals surface area contributed by atoms with Crippen LogP contribution in [0.3, 0.4) is 0 Å². The van der Waals surface area contributed by atoms with E-state index in [-0.39, 0.29) is 12.1 Å². The van der Waals surface area contributed by atoms with Crippen molar-refractivity contribution in [2.75, 3.05) is 12.4 Å². The summed E-state index contributed by atoms with van der Waals surface area (Å²) in [6.07, 6.45) is 1.77. The second-order valence-electron chi connectivity index (χ2n) is 6.32. The van der Waals surface area contributed by atoms with Crippen LogP contribution in [0.1, 0.15) is 18.7 Å². The molecule has 2 aromatic heterocycles. The molecule has 1 N–H and O–H groups in total. The highest BCUT2D eigenvalue weighted by atomic mass is 32.1. The number of aromatic nitrogens is 1. The number of furan rings is 1. The first kappa shape index (κ1) is 17.3. The standard InChI is InChI=1S/C21H19N3O2S/c1-14(19-13-15-6-3-4-9-18(15)26-19)24(2)21(25)23-17-8-5-7-16(12-17)20-22-10-11-27-20/h3-14H,1-2H3,(H,23,25)/t14-/m1/s1. The number of amides is 2. The van der Waals surface area contributed by atoms with Crippen molar-refractivity contribution < 1.29 is 9.21 Å². The van der Waals surface area contributed by atoms with Crippen LogP contribution in [0.4, 0.5) is 10.5 Å². The normalized spacial score (nSPS) is 12.1. The number of hydrogen-bond donors (Lipinski definition) is 1. The van der Waals surface area contributed by atoms with Crippen LogP contribution < -0.4 is 5.32 Å². The van der Waals surface area contributed by atoms with Gasteiger partial charge >= 0.3 is 6.03 Å². The van der Waals surface area contributed by atoms with Gasteiger partial charge in [-0.25, -0.2) is 9.78 Å². The predicted molar refractivity (Wildman–Crippen MR) is 109 cm³/mol. The fraction of sp³-hybridized carbons (Fsp3) is 0.143. The number of para-hydroxylation sites is 1. The molecular formula is C21H19N3O2S. The van der Waals surface area contributed by atoms with Gasteiger partial charge in [-0.3, -0.25) is 0 Å². The van der Waals surface area contributed by atoms with Crippen LogP contribution in [0.5, 0.6) is 0 Å². The van der Waals surface area contributed by atoms with Gasteiger partial charge in [-0.15, -0.1) is 11.3 Å². The van der Waals surface area contributed by atoms with E-state index in [1.165, 1.54) is 0 Å². The molecule has 0 aliphatic carbocycles. The smallest absolute Gasteiger partial charge is 0.322 e. The Kier molecular flexibility index (Phi) is 4.64. The first-order valence-corrected chi connectivity index (χ1v) is 9.52. The molecule has 0 saturated heterocycles. The van der Waals surface area contributed by atoms with Crippen molar-refractivity contribution in [2.24, 2.45) is 0 Å². The maximum atomic E-state index is 12.7. The minimum Gasteiger partial charge on any atom is -0.459 e. The first-order valence-electron chi connectivity index (χ1n) is 8.64. The lowest BCUT2D eigenvalue weighted by molar-refractivity contribution is 0.201. The minimum atomic E-state index is -0.195. The predicted octanol–water partition coefficient (Wildman–Crippen LogP) is 5.78. The average Bonchev–Trinajstić information content (AvgIpc) is 3.36. The van der Waals surface area contributed by atoms with Gasteiger partial charge in [-0.05, 0) is 31.2 Å². The van der Waals surface area contributed by atoms with Gasteiger partial charge in [0, 0.05) is 35.3 Å². The zero-order valence-electron chi connectivity index (χ0n) is 15.0. The number of nitrogens with zero attached hydrogens (tertiary/aromatic N) is 2. The quantitative estimate of drug-likeness (QED) is 0.490. The number of anilines is 1. The lowest BCUT2D eigenvalue weighted by Crippen LogP contribution is -2.33. The fourth-order valence-corrected chi connectivity index (χ4v) is 3.52. The number of carbonyl (C=O) groups is 1. The number of hydrogen-bond acceptors (Lipinski definition) is 4. The Labute approximate surface area is 161 Å². The molecule has 0 unspecified atom stereocenters. The lowest BCUT2D eigenvalue weighted by Gasteiger charge is -2.23. The highest BCUT2D eigenvalue weighted by Crippen LogP contribution is 2.28. The summed E-state index contributed by atoms with van der Waals surface area (Å²) in [5, 5.41) is 6.84. The molecule has 4 aromatic rings. The number of nitrogens with one attached hydrogen (secondary N) is 1. The number of urea groups is 1. The topological polar surface area (TPSA) is 58.4 Å². The number of benzene rings is 2. The van der Waals surface area contributed by atoms with Gasteiger partial charge in [0.1, 0.15) is 16.4 Å². The van der Waals surface area contributed by atoms with E-state index < -0.39 is 0 Å². The van der Waals surface area contributed by atoms with Crippen molar-refractivity contribution in [1.82, 2.24) is 9.88 Å². The van der Waals surface area contributed by atoms with Crippen LogP contribution in [-0.4, -0.2) is 23.0 Å². The van der Waals surface area contributed by atoms with Crippen molar-refractivity contribution >= 4 is 34.0 Å². The summed E-state index contributed by atoms with van der Waals surface area (Å²) in [6, 6.07) is 17.1. The zero-order chi connectivity index (χ0) is 18.8. The number of thiazole rings is 1. The molecule has 4 rings (SSSR count). The summed E-state index contributed by atoms with van der Waals surface area (Å²) >= 11 is 1.57. The van der Waals surface area contributed by atoms with E-state index in [0.29, 0.717) is 0 Å².